The van der Waals surface area contributed by atoms with Crippen molar-refractivity contribution in [2.45, 2.75) is 6.92 Å². The predicted molar refractivity (Wildman–Crippen MR) is 57.5 cm³/mol. The average molecular weight is 197 g/mol. The zero-order chi connectivity index (χ0) is 9.84. The topological polar surface area (TPSA) is 9.23 Å². The monoisotopic (exact) mass is 196 g/mol. The largest absolute Gasteiger partial charge is 0.496 e. The van der Waals surface area contributed by atoms with Crippen LogP contribution >= 0.6 is 11.6 Å². The number of alkyl halides is 1. The summed E-state index contributed by atoms with van der Waals surface area (Å²) in [6, 6.07) is 5.93. The maximum Gasteiger partial charge on any atom is 0.121 e. The summed E-state index contributed by atoms with van der Waals surface area (Å²) in [5.74, 6) is 1.36. The molecule has 1 nitrogen and oxygen atoms in total. The molecule has 0 bridgehead atoms. The van der Waals surface area contributed by atoms with E-state index in [0.717, 1.165) is 22.4 Å². The molecule has 13 heavy (non-hydrogen) atoms. The Morgan fingerprint density at radius 2 is 2.23 bits per heavy atom. The second-order valence-corrected chi connectivity index (χ2v) is 3.19. The molecular weight excluding hydrogens is 184 g/mol. The van der Waals surface area contributed by atoms with Crippen LogP contribution in [0.15, 0.2) is 24.8 Å². The van der Waals surface area contributed by atoms with Gasteiger partial charge in [-0.25, -0.2) is 0 Å². The lowest BCUT2D eigenvalue weighted by molar-refractivity contribution is 0.411. The Bertz CT molecular complexity index is 318. The molecule has 0 spiro atoms. The molecule has 0 N–H and O–H groups in total. The van der Waals surface area contributed by atoms with Gasteiger partial charge in [0.05, 0.1) is 7.11 Å². The SMILES string of the molecule is C=C(CCl)c1ccc(OC)c(C)c1. The van der Waals surface area contributed by atoms with Gasteiger partial charge >= 0.3 is 0 Å². The van der Waals surface area contributed by atoms with Gasteiger partial charge in [-0.05, 0) is 35.8 Å². The third-order valence-corrected chi connectivity index (χ3v) is 2.29. The van der Waals surface area contributed by atoms with Gasteiger partial charge in [-0.3, -0.25) is 0 Å². The molecule has 0 saturated carbocycles. The lowest BCUT2D eigenvalue weighted by Gasteiger charge is -2.07. The average Bonchev–Trinajstić information content (AvgIpc) is 2.16. The first kappa shape index (κ1) is 10.1. The molecule has 0 aliphatic carbocycles. The van der Waals surface area contributed by atoms with E-state index in [-0.39, 0.29) is 0 Å². The Kier molecular flexibility index (Phi) is 3.38. The lowest BCUT2D eigenvalue weighted by Crippen LogP contribution is -1.90. The van der Waals surface area contributed by atoms with Gasteiger partial charge in [0.1, 0.15) is 5.75 Å². The summed E-state index contributed by atoms with van der Waals surface area (Å²) in [6.45, 7) is 5.87. The summed E-state index contributed by atoms with van der Waals surface area (Å²) < 4.78 is 5.15. The number of allylic oxidation sites excluding steroid dienone is 1. The van der Waals surface area contributed by atoms with E-state index in [4.69, 9.17) is 16.3 Å². The minimum atomic E-state index is 0.464. The second kappa shape index (κ2) is 4.33. The zero-order valence-corrected chi connectivity index (χ0v) is 8.69. The highest BCUT2D eigenvalue weighted by Crippen LogP contribution is 2.22. The van der Waals surface area contributed by atoms with Gasteiger partial charge in [0.25, 0.3) is 0 Å². The van der Waals surface area contributed by atoms with Crippen molar-refractivity contribution >= 4 is 17.2 Å². The summed E-state index contributed by atoms with van der Waals surface area (Å²) >= 11 is 5.68. The molecule has 0 aromatic heterocycles. The highest BCUT2D eigenvalue weighted by molar-refractivity contribution is 6.23. The Hall–Kier alpha value is -0.950. The number of rotatable bonds is 3. The number of benzene rings is 1. The van der Waals surface area contributed by atoms with E-state index in [0.29, 0.717) is 5.88 Å². The summed E-state index contributed by atoms with van der Waals surface area (Å²) in [4.78, 5) is 0. The van der Waals surface area contributed by atoms with Crippen molar-refractivity contribution in [3.05, 3.63) is 35.9 Å². The molecular formula is C11H13ClO. The van der Waals surface area contributed by atoms with Gasteiger partial charge < -0.3 is 4.74 Å². The highest BCUT2D eigenvalue weighted by atomic mass is 35.5. The molecule has 0 fully saturated rings. The van der Waals surface area contributed by atoms with Crippen molar-refractivity contribution in [2.24, 2.45) is 0 Å². The minimum Gasteiger partial charge on any atom is -0.496 e. The molecule has 1 aromatic carbocycles. The molecule has 0 saturated heterocycles. The van der Waals surface area contributed by atoms with Gasteiger partial charge in [-0.2, -0.15) is 0 Å². The maximum atomic E-state index is 5.68. The minimum absolute atomic E-state index is 0.464. The molecule has 0 aliphatic rings. The predicted octanol–water partition coefficient (Wildman–Crippen LogP) is 3.26. The van der Waals surface area contributed by atoms with Gasteiger partial charge in [0.2, 0.25) is 0 Å². The fraction of sp³-hybridized carbons (Fsp3) is 0.273. The van der Waals surface area contributed by atoms with Gasteiger partial charge in [-0.1, -0.05) is 12.6 Å². The fourth-order valence-corrected chi connectivity index (χ4v) is 1.33. The van der Waals surface area contributed by atoms with Crippen LogP contribution in [0.3, 0.4) is 0 Å². The molecule has 70 valence electrons. The molecule has 1 aromatic rings. The van der Waals surface area contributed by atoms with Crippen LogP contribution in [0.1, 0.15) is 11.1 Å². The standard InChI is InChI=1S/C11H13ClO/c1-8-6-10(9(2)7-12)4-5-11(8)13-3/h4-6H,2,7H2,1,3H3. The molecule has 1 rings (SSSR count). The first-order valence-electron chi connectivity index (χ1n) is 4.07. The van der Waals surface area contributed by atoms with E-state index in [2.05, 4.69) is 6.58 Å². The van der Waals surface area contributed by atoms with Crippen LogP contribution in [0, 0.1) is 6.92 Å². The Labute approximate surface area is 84.0 Å². The maximum absolute atomic E-state index is 5.68. The number of hydrogen-bond donors (Lipinski definition) is 0. The van der Waals surface area contributed by atoms with Crippen molar-refractivity contribution in [1.29, 1.82) is 0 Å². The van der Waals surface area contributed by atoms with Gasteiger partial charge in [-0.15, -0.1) is 11.6 Å². The second-order valence-electron chi connectivity index (χ2n) is 2.92. The van der Waals surface area contributed by atoms with E-state index in [9.17, 15) is 0 Å². The first-order chi connectivity index (χ1) is 6.19. The third kappa shape index (κ3) is 2.25. The number of methoxy groups -OCH3 is 1. The Morgan fingerprint density at radius 1 is 1.54 bits per heavy atom. The normalized spacial score (nSPS) is 9.77. The van der Waals surface area contributed by atoms with Gasteiger partial charge in [0.15, 0.2) is 0 Å². The van der Waals surface area contributed by atoms with Crippen LogP contribution in [0.4, 0.5) is 0 Å². The number of aryl methyl sites for hydroxylation is 1. The number of ether oxygens (including phenoxy) is 1. The highest BCUT2D eigenvalue weighted by Gasteiger charge is 2.01. The molecule has 0 heterocycles. The summed E-state index contributed by atoms with van der Waals surface area (Å²) in [6.07, 6.45) is 0. The van der Waals surface area contributed by atoms with Gasteiger partial charge in [0, 0.05) is 5.88 Å². The van der Waals surface area contributed by atoms with Crippen LogP contribution in [0.25, 0.3) is 5.57 Å². The quantitative estimate of drug-likeness (QED) is 0.675. The van der Waals surface area contributed by atoms with E-state index in [1.165, 1.54) is 0 Å². The van der Waals surface area contributed by atoms with Crippen molar-refractivity contribution in [3.63, 3.8) is 0 Å². The van der Waals surface area contributed by atoms with Crippen molar-refractivity contribution in [2.75, 3.05) is 13.0 Å². The van der Waals surface area contributed by atoms with Crippen LogP contribution < -0.4 is 4.74 Å². The van der Waals surface area contributed by atoms with E-state index >= 15 is 0 Å². The van der Waals surface area contributed by atoms with Crippen molar-refractivity contribution < 1.29 is 4.74 Å². The summed E-state index contributed by atoms with van der Waals surface area (Å²) in [7, 11) is 1.67. The third-order valence-electron chi connectivity index (χ3n) is 1.96. The van der Waals surface area contributed by atoms with E-state index in [1.807, 2.05) is 25.1 Å². The first-order valence-corrected chi connectivity index (χ1v) is 4.61. The van der Waals surface area contributed by atoms with E-state index < -0.39 is 0 Å². The van der Waals surface area contributed by atoms with Crippen LogP contribution in [0.5, 0.6) is 5.75 Å². The van der Waals surface area contributed by atoms with Crippen LogP contribution in [0.2, 0.25) is 0 Å². The van der Waals surface area contributed by atoms with Crippen LogP contribution in [-0.2, 0) is 0 Å². The lowest BCUT2D eigenvalue weighted by atomic mass is 10.1. The Morgan fingerprint density at radius 3 is 2.69 bits per heavy atom. The summed E-state index contributed by atoms with van der Waals surface area (Å²) in [5, 5.41) is 0. The summed E-state index contributed by atoms with van der Waals surface area (Å²) in [5.41, 5.74) is 3.12. The van der Waals surface area contributed by atoms with Crippen LogP contribution in [-0.4, -0.2) is 13.0 Å². The number of hydrogen-bond acceptors (Lipinski definition) is 1. The van der Waals surface area contributed by atoms with Crippen molar-refractivity contribution in [3.8, 4) is 5.75 Å². The molecule has 0 atom stereocenters. The molecule has 2 heteroatoms. The number of halogens is 1. The molecule has 0 unspecified atom stereocenters. The fourth-order valence-electron chi connectivity index (χ4n) is 1.18. The molecule has 0 amide bonds. The van der Waals surface area contributed by atoms with Crippen molar-refractivity contribution in [1.82, 2.24) is 0 Å². The zero-order valence-electron chi connectivity index (χ0n) is 7.93. The Balaban J connectivity index is 3.02. The molecule has 0 radical (unpaired) electrons. The smallest absolute Gasteiger partial charge is 0.121 e. The molecule has 0 aliphatic heterocycles. The van der Waals surface area contributed by atoms with E-state index in [1.54, 1.807) is 7.11 Å².